The van der Waals surface area contributed by atoms with Gasteiger partial charge in [-0.25, -0.2) is 0 Å². The number of aliphatic carboxylic acids is 1. The van der Waals surface area contributed by atoms with Crippen LogP contribution in [0.25, 0.3) is 0 Å². The first kappa shape index (κ1) is 13.4. The summed E-state index contributed by atoms with van der Waals surface area (Å²) < 4.78 is 10.9. The molecule has 1 fully saturated rings. The molecule has 1 aromatic carbocycles. The normalized spacial score (nSPS) is 22.3. The van der Waals surface area contributed by atoms with Crippen LogP contribution in [0.3, 0.4) is 0 Å². The highest BCUT2D eigenvalue weighted by molar-refractivity contribution is 5.67. The lowest BCUT2D eigenvalue weighted by molar-refractivity contribution is -0.140. The van der Waals surface area contributed by atoms with Crippen LogP contribution < -0.4 is 4.74 Å². The van der Waals surface area contributed by atoms with Crippen LogP contribution in [0.15, 0.2) is 18.2 Å². The Morgan fingerprint density at radius 3 is 3.15 bits per heavy atom. The van der Waals surface area contributed by atoms with Gasteiger partial charge in [0.1, 0.15) is 5.75 Å². The fourth-order valence-electron chi connectivity index (χ4n) is 2.86. The van der Waals surface area contributed by atoms with Crippen molar-refractivity contribution in [2.24, 2.45) is 0 Å². The summed E-state index contributed by atoms with van der Waals surface area (Å²) in [5.41, 5.74) is 2.47. The summed E-state index contributed by atoms with van der Waals surface area (Å²) in [7, 11) is 0. The highest BCUT2D eigenvalue weighted by Crippen LogP contribution is 2.27. The van der Waals surface area contributed by atoms with Gasteiger partial charge in [0.05, 0.1) is 26.2 Å². The summed E-state index contributed by atoms with van der Waals surface area (Å²) in [4.78, 5) is 13.1. The fourth-order valence-corrected chi connectivity index (χ4v) is 2.86. The van der Waals surface area contributed by atoms with Gasteiger partial charge in [-0.15, -0.1) is 0 Å². The van der Waals surface area contributed by atoms with E-state index in [-0.39, 0.29) is 12.5 Å². The number of carboxylic acid groups (broad SMARTS) is 1. The first-order valence-corrected chi connectivity index (χ1v) is 7.00. The van der Waals surface area contributed by atoms with E-state index < -0.39 is 5.97 Å². The zero-order valence-corrected chi connectivity index (χ0v) is 11.4. The fraction of sp³-hybridized carbons (Fsp3) is 0.533. The summed E-state index contributed by atoms with van der Waals surface area (Å²) in [6.45, 7) is 3.49. The van der Waals surface area contributed by atoms with Crippen molar-refractivity contribution in [2.45, 2.75) is 25.4 Å². The van der Waals surface area contributed by atoms with E-state index in [1.165, 1.54) is 11.1 Å². The van der Waals surface area contributed by atoms with Gasteiger partial charge < -0.3 is 14.6 Å². The molecule has 0 bridgehead atoms. The van der Waals surface area contributed by atoms with Crippen LogP contribution >= 0.6 is 0 Å². The Balaban J connectivity index is 1.70. The maximum atomic E-state index is 10.9. The molecule has 1 saturated heterocycles. The Hall–Kier alpha value is -1.59. The van der Waals surface area contributed by atoms with Crippen molar-refractivity contribution >= 4 is 5.97 Å². The van der Waals surface area contributed by atoms with Gasteiger partial charge in [-0.2, -0.15) is 0 Å². The maximum Gasteiger partial charge on any atom is 0.305 e. The molecule has 1 aromatic rings. The van der Waals surface area contributed by atoms with Crippen LogP contribution in [-0.4, -0.2) is 48.4 Å². The summed E-state index contributed by atoms with van der Waals surface area (Å²) >= 11 is 0. The van der Waals surface area contributed by atoms with E-state index in [0.717, 1.165) is 31.9 Å². The number of fused-ring (bicyclic) bond motifs is 1. The molecule has 0 aromatic heterocycles. The summed E-state index contributed by atoms with van der Waals surface area (Å²) in [6, 6.07) is 6.22. The van der Waals surface area contributed by atoms with Crippen LogP contribution in [-0.2, 0) is 22.5 Å². The third kappa shape index (κ3) is 2.94. The van der Waals surface area contributed by atoms with Crippen LogP contribution in [0.2, 0.25) is 0 Å². The molecule has 0 spiro atoms. The Morgan fingerprint density at radius 2 is 2.30 bits per heavy atom. The summed E-state index contributed by atoms with van der Waals surface area (Å²) in [5.74, 6) is 0.214. The van der Waals surface area contributed by atoms with E-state index in [1.807, 2.05) is 6.07 Å². The SMILES string of the molecule is O=C(O)CC1COCCN1Cc1ccc2c(c1)CCO2. The van der Waals surface area contributed by atoms with Crippen LogP contribution in [0.4, 0.5) is 0 Å². The van der Waals surface area contributed by atoms with Crippen molar-refractivity contribution < 1.29 is 19.4 Å². The molecule has 0 aliphatic carbocycles. The molecule has 3 rings (SSSR count). The van der Waals surface area contributed by atoms with E-state index in [1.54, 1.807) is 0 Å². The highest BCUT2D eigenvalue weighted by Gasteiger charge is 2.25. The number of carbonyl (C=O) groups is 1. The molecule has 5 heteroatoms. The van der Waals surface area contributed by atoms with Gasteiger partial charge in [0.15, 0.2) is 0 Å². The lowest BCUT2D eigenvalue weighted by atomic mass is 10.1. The van der Waals surface area contributed by atoms with Crippen molar-refractivity contribution in [3.63, 3.8) is 0 Å². The molecule has 2 heterocycles. The lowest BCUT2D eigenvalue weighted by Gasteiger charge is -2.34. The molecule has 5 nitrogen and oxygen atoms in total. The monoisotopic (exact) mass is 277 g/mol. The van der Waals surface area contributed by atoms with Gasteiger partial charge in [0.2, 0.25) is 0 Å². The van der Waals surface area contributed by atoms with Gasteiger partial charge in [0.25, 0.3) is 0 Å². The first-order valence-electron chi connectivity index (χ1n) is 7.00. The Morgan fingerprint density at radius 1 is 1.40 bits per heavy atom. The van der Waals surface area contributed by atoms with E-state index >= 15 is 0 Å². The zero-order valence-electron chi connectivity index (χ0n) is 11.4. The number of morpholine rings is 1. The molecule has 1 atom stereocenters. The van der Waals surface area contributed by atoms with E-state index in [0.29, 0.717) is 13.2 Å². The Kier molecular flexibility index (Phi) is 3.89. The second-order valence-electron chi connectivity index (χ2n) is 5.34. The molecule has 108 valence electrons. The minimum Gasteiger partial charge on any atom is -0.493 e. The molecular weight excluding hydrogens is 258 g/mol. The number of benzene rings is 1. The number of rotatable bonds is 4. The zero-order chi connectivity index (χ0) is 13.9. The smallest absolute Gasteiger partial charge is 0.305 e. The van der Waals surface area contributed by atoms with E-state index in [2.05, 4.69) is 17.0 Å². The summed E-state index contributed by atoms with van der Waals surface area (Å²) in [6.07, 6.45) is 1.10. The Labute approximate surface area is 118 Å². The van der Waals surface area contributed by atoms with Gasteiger partial charge in [-0.3, -0.25) is 9.69 Å². The van der Waals surface area contributed by atoms with Crippen molar-refractivity contribution in [1.29, 1.82) is 0 Å². The van der Waals surface area contributed by atoms with Crippen molar-refractivity contribution in [1.82, 2.24) is 4.90 Å². The molecule has 20 heavy (non-hydrogen) atoms. The van der Waals surface area contributed by atoms with E-state index in [9.17, 15) is 4.79 Å². The summed E-state index contributed by atoms with van der Waals surface area (Å²) in [5, 5.41) is 8.98. The van der Waals surface area contributed by atoms with Gasteiger partial charge in [0, 0.05) is 25.6 Å². The molecule has 1 unspecified atom stereocenters. The molecule has 0 amide bonds. The van der Waals surface area contributed by atoms with E-state index in [4.69, 9.17) is 14.6 Å². The van der Waals surface area contributed by atoms with Crippen molar-refractivity contribution in [2.75, 3.05) is 26.4 Å². The molecule has 0 radical (unpaired) electrons. The average Bonchev–Trinajstić information content (AvgIpc) is 2.88. The number of nitrogens with zero attached hydrogens (tertiary/aromatic N) is 1. The number of hydrogen-bond acceptors (Lipinski definition) is 4. The first-order chi connectivity index (χ1) is 9.72. The number of hydrogen-bond donors (Lipinski definition) is 1. The quantitative estimate of drug-likeness (QED) is 0.899. The lowest BCUT2D eigenvalue weighted by Crippen LogP contribution is -2.45. The minimum absolute atomic E-state index is 0.0363. The second-order valence-corrected chi connectivity index (χ2v) is 5.34. The molecule has 0 saturated carbocycles. The Bertz CT molecular complexity index is 503. The van der Waals surface area contributed by atoms with Crippen LogP contribution in [0, 0.1) is 0 Å². The average molecular weight is 277 g/mol. The highest BCUT2D eigenvalue weighted by atomic mass is 16.5. The topological polar surface area (TPSA) is 59.0 Å². The maximum absolute atomic E-state index is 10.9. The van der Waals surface area contributed by atoms with Crippen LogP contribution in [0.5, 0.6) is 5.75 Å². The van der Waals surface area contributed by atoms with Crippen LogP contribution in [0.1, 0.15) is 17.5 Å². The molecule has 1 N–H and O–H groups in total. The molecule has 2 aliphatic rings. The number of ether oxygens (including phenoxy) is 2. The van der Waals surface area contributed by atoms with Crippen molar-refractivity contribution in [3.8, 4) is 5.75 Å². The largest absolute Gasteiger partial charge is 0.493 e. The third-order valence-corrected chi connectivity index (χ3v) is 3.90. The van der Waals surface area contributed by atoms with Gasteiger partial charge in [-0.05, 0) is 17.2 Å². The van der Waals surface area contributed by atoms with Gasteiger partial charge >= 0.3 is 5.97 Å². The third-order valence-electron chi connectivity index (χ3n) is 3.90. The van der Waals surface area contributed by atoms with Gasteiger partial charge in [-0.1, -0.05) is 12.1 Å². The second kappa shape index (κ2) is 5.81. The van der Waals surface area contributed by atoms with Crippen molar-refractivity contribution in [3.05, 3.63) is 29.3 Å². The predicted molar refractivity (Wildman–Crippen MR) is 72.9 cm³/mol. The molecular formula is C15H19NO4. The minimum atomic E-state index is -0.771. The predicted octanol–water partition coefficient (Wildman–Crippen LogP) is 1.30. The standard InChI is InChI=1S/C15H19NO4/c17-15(18)8-13-10-19-6-4-16(13)9-11-1-2-14-12(7-11)3-5-20-14/h1-2,7,13H,3-6,8-10H2,(H,17,18). The molecule has 2 aliphatic heterocycles. The number of carboxylic acids is 1.